The predicted molar refractivity (Wildman–Crippen MR) is 72.2 cm³/mol. The molecular weight excluding hydrogens is 244 g/mol. The number of carbonyl (C=O) groups is 2. The highest BCUT2D eigenvalue weighted by Crippen LogP contribution is 2.32. The van der Waals surface area contributed by atoms with Crippen LogP contribution in [0.3, 0.4) is 0 Å². The number of nitrogens with two attached hydrogens (primary N) is 1. The van der Waals surface area contributed by atoms with Gasteiger partial charge in [-0.05, 0) is 49.9 Å². The quantitative estimate of drug-likeness (QED) is 0.772. The molecule has 1 amide bonds. The standard InChI is InChI=1S/C14H18N2O3/c1-9-7-10(13(18)19)3-4-11(9)16-12(17)8-14(15)5-2-6-14/h3-4,7H,2,5-6,8,15H2,1H3,(H,16,17)(H,18,19). The summed E-state index contributed by atoms with van der Waals surface area (Å²) in [5.41, 5.74) is 7.25. The summed E-state index contributed by atoms with van der Waals surface area (Å²) in [5.74, 6) is -1.09. The molecule has 1 aromatic rings. The monoisotopic (exact) mass is 262 g/mol. The zero-order valence-corrected chi connectivity index (χ0v) is 10.9. The largest absolute Gasteiger partial charge is 0.478 e. The summed E-state index contributed by atoms with van der Waals surface area (Å²) >= 11 is 0. The van der Waals surface area contributed by atoms with Crippen LogP contribution in [0.5, 0.6) is 0 Å². The number of hydrogen-bond donors (Lipinski definition) is 3. The second-order valence-corrected chi connectivity index (χ2v) is 5.28. The molecule has 0 aromatic heterocycles. The smallest absolute Gasteiger partial charge is 0.335 e. The summed E-state index contributed by atoms with van der Waals surface area (Å²) < 4.78 is 0. The number of hydrogen-bond acceptors (Lipinski definition) is 3. The van der Waals surface area contributed by atoms with E-state index < -0.39 is 5.97 Å². The molecule has 0 aliphatic heterocycles. The van der Waals surface area contributed by atoms with Crippen molar-refractivity contribution in [2.24, 2.45) is 5.73 Å². The number of amides is 1. The number of benzene rings is 1. The maximum absolute atomic E-state index is 11.9. The lowest BCUT2D eigenvalue weighted by Gasteiger charge is -2.37. The van der Waals surface area contributed by atoms with E-state index in [-0.39, 0.29) is 17.0 Å². The highest BCUT2D eigenvalue weighted by molar-refractivity contribution is 5.94. The molecule has 4 N–H and O–H groups in total. The average molecular weight is 262 g/mol. The van der Waals surface area contributed by atoms with E-state index in [4.69, 9.17) is 10.8 Å². The van der Waals surface area contributed by atoms with Crippen LogP contribution >= 0.6 is 0 Å². The van der Waals surface area contributed by atoms with Crippen LogP contribution in [0, 0.1) is 6.92 Å². The van der Waals surface area contributed by atoms with Crippen molar-refractivity contribution in [2.75, 3.05) is 5.32 Å². The molecule has 1 fully saturated rings. The molecular formula is C14H18N2O3. The first-order chi connectivity index (χ1) is 8.89. The normalized spacial score (nSPS) is 16.5. The van der Waals surface area contributed by atoms with Gasteiger partial charge in [0.05, 0.1) is 5.56 Å². The Kier molecular flexibility index (Phi) is 3.57. The predicted octanol–water partition coefficient (Wildman–Crippen LogP) is 1.90. The van der Waals surface area contributed by atoms with E-state index in [9.17, 15) is 9.59 Å². The van der Waals surface area contributed by atoms with Gasteiger partial charge in [-0.3, -0.25) is 4.79 Å². The van der Waals surface area contributed by atoms with Gasteiger partial charge in [0.2, 0.25) is 5.91 Å². The minimum absolute atomic E-state index is 0.117. The van der Waals surface area contributed by atoms with Gasteiger partial charge in [0, 0.05) is 17.6 Å². The van der Waals surface area contributed by atoms with Crippen LogP contribution < -0.4 is 11.1 Å². The van der Waals surface area contributed by atoms with Gasteiger partial charge in [-0.2, -0.15) is 0 Å². The van der Waals surface area contributed by atoms with Crippen molar-refractivity contribution in [1.29, 1.82) is 0 Å². The van der Waals surface area contributed by atoms with Gasteiger partial charge >= 0.3 is 5.97 Å². The maximum atomic E-state index is 11.9. The van der Waals surface area contributed by atoms with Crippen LogP contribution in [0.2, 0.25) is 0 Å². The van der Waals surface area contributed by atoms with E-state index in [1.54, 1.807) is 19.1 Å². The second kappa shape index (κ2) is 5.01. The SMILES string of the molecule is Cc1cc(C(=O)O)ccc1NC(=O)CC1(N)CCC1. The summed E-state index contributed by atoms with van der Waals surface area (Å²) in [7, 11) is 0. The molecule has 0 unspecified atom stereocenters. The van der Waals surface area contributed by atoms with Gasteiger partial charge in [0.25, 0.3) is 0 Å². The average Bonchev–Trinajstić information content (AvgIpc) is 2.29. The lowest BCUT2D eigenvalue weighted by Crippen LogP contribution is -2.48. The summed E-state index contributed by atoms with van der Waals surface area (Å²) in [6.45, 7) is 1.77. The Hall–Kier alpha value is -1.88. The Balaban J connectivity index is 2.02. The first-order valence-electron chi connectivity index (χ1n) is 6.32. The molecule has 5 heteroatoms. The van der Waals surface area contributed by atoms with E-state index in [0.29, 0.717) is 12.1 Å². The summed E-state index contributed by atoms with van der Waals surface area (Å²) in [6, 6.07) is 4.63. The van der Waals surface area contributed by atoms with Gasteiger partial charge < -0.3 is 16.2 Å². The van der Waals surface area contributed by atoms with Crippen molar-refractivity contribution in [1.82, 2.24) is 0 Å². The van der Waals surface area contributed by atoms with Gasteiger partial charge in [-0.25, -0.2) is 4.79 Å². The van der Waals surface area contributed by atoms with E-state index in [0.717, 1.165) is 24.8 Å². The summed E-state index contributed by atoms with van der Waals surface area (Å²) in [5, 5.41) is 11.7. The molecule has 2 rings (SSSR count). The molecule has 1 saturated carbocycles. The van der Waals surface area contributed by atoms with Crippen LogP contribution in [-0.4, -0.2) is 22.5 Å². The molecule has 1 aromatic carbocycles. The number of aryl methyl sites for hydroxylation is 1. The lowest BCUT2D eigenvalue weighted by atomic mass is 9.75. The first-order valence-corrected chi connectivity index (χ1v) is 6.32. The van der Waals surface area contributed by atoms with Crippen molar-refractivity contribution in [2.45, 2.75) is 38.1 Å². The fourth-order valence-electron chi connectivity index (χ4n) is 2.26. The Labute approximate surface area is 111 Å². The van der Waals surface area contributed by atoms with Gasteiger partial charge in [0.15, 0.2) is 0 Å². The molecule has 0 radical (unpaired) electrons. The van der Waals surface area contributed by atoms with Crippen molar-refractivity contribution in [3.05, 3.63) is 29.3 Å². The highest BCUT2D eigenvalue weighted by atomic mass is 16.4. The van der Waals surface area contributed by atoms with Crippen LogP contribution in [-0.2, 0) is 4.79 Å². The Morgan fingerprint density at radius 3 is 2.58 bits per heavy atom. The fraction of sp³-hybridized carbons (Fsp3) is 0.429. The molecule has 5 nitrogen and oxygen atoms in total. The number of nitrogens with one attached hydrogen (secondary N) is 1. The molecule has 0 atom stereocenters. The van der Waals surface area contributed by atoms with Gasteiger partial charge in [0.1, 0.15) is 0 Å². The molecule has 0 saturated heterocycles. The topological polar surface area (TPSA) is 92.4 Å². The molecule has 102 valence electrons. The third-order valence-electron chi connectivity index (χ3n) is 3.61. The van der Waals surface area contributed by atoms with Gasteiger partial charge in [-0.15, -0.1) is 0 Å². The molecule has 0 spiro atoms. The molecule has 0 bridgehead atoms. The summed E-state index contributed by atoms with van der Waals surface area (Å²) in [6.07, 6.45) is 3.16. The summed E-state index contributed by atoms with van der Waals surface area (Å²) in [4.78, 5) is 22.7. The number of aromatic carboxylic acids is 1. The minimum Gasteiger partial charge on any atom is -0.478 e. The number of carbonyl (C=O) groups excluding carboxylic acids is 1. The Bertz CT molecular complexity index is 521. The Morgan fingerprint density at radius 2 is 2.11 bits per heavy atom. The van der Waals surface area contributed by atoms with Crippen LogP contribution in [0.25, 0.3) is 0 Å². The minimum atomic E-state index is -0.976. The van der Waals surface area contributed by atoms with E-state index in [1.807, 2.05) is 0 Å². The van der Waals surface area contributed by atoms with E-state index in [2.05, 4.69) is 5.32 Å². The number of carboxylic acids is 1. The maximum Gasteiger partial charge on any atom is 0.335 e. The third-order valence-corrected chi connectivity index (χ3v) is 3.61. The van der Waals surface area contributed by atoms with Crippen molar-refractivity contribution >= 4 is 17.6 Å². The van der Waals surface area contributed by atoms with Gasteiger partial charge in [-0.1, -0.05) is 0 Å². The van der Waals surface area contributed by atoms with E-state index >= 15 is 0 Å². The Morgan fingerprint density at radius 1 is 1.42 bits per heavy atom. The lowest BCUT2D eigenvalue weighted by molar-refractivity contribution is -0.118. The van der Waals surface area contributed by atoms with Crippen LogP contribution in [0.15, 0.2) is 18.2 Å². The second-order valence-electron chi connectivity index (χ2n) is 5.28. The molecule has 1 aliphatic carbocycles. The van der Waals surface area contributed by atoms with Crippen molar-refractivity contribution < 1.29 is 14.7 Å². The number of rotatable bonds is 4. The van der Waals surface area contributed by atoms with Crippen molar-refractivity contribution in [3.8, 4) is 0 Å². The number of carboxylic acid groups (broad SMARTS) is 1. The molecule has 0 heterocycles. The fourth-order valence-corrected chi connectivity index (χ4v) is 2.26. The zero-order valence-electron chi connectivity index (χ0n) is 10.9. The van der Waals surface area contributed by atoms with Crippen molar-refractivity contribution in [3.63, 3.8) is 0 Å². The van der Waals surface area contributed by atoms with Crippen LogP contribution in [0.1, 0.15) is 41.6 Å². The highest BCUT2D eigenvalue weighted by Gasteiger charge is 2.34. The van der Waals surface area contributed by atoms with Crippen LogP contribution in [0.4, 0.5) is 5.69 Å². The number of anilines is 1. The molecule has 19 heavy (non-hydrogen) atoms. The zero-order chi connectivity index (χ0) is 14.0. The third kappa shape index (κ3) is 3.12. The molecule has 1 aliphatic rings. The van der Waals surface area contributed by atoms with E-state index in [1.165, 1.54) is 6.07 Å². The first kappa shape index (κ1) is 13.5.